The third-order valence-corrected chi connectivity index (χ3v) is 3.67. The van der Waals surface area contributed by atoms with E-state index in [2.05, 4.69) is 10.9 Å². The molecule has 0 unspecified atom stereocenters. The molecule has 0 aromatic heterocycles. The molecule has 0 aliphatic heterocycles. The average molecular weight is 411 g/mol. The first kappa shape index (κ1) is 15.9. The molecule has 2 amide bonds. The molecule has 112 valence electrons. The molecule has 8 heteroatoms. The molecule has 0 aliphatic rings. The number of rotatable bonds is 3. The average Bonchev–Trinajstić information content (AvgIpc) is 2.52. The van der Waals surface area contributed by atoms with Gasteiger partial charge in [0.1, 0.15) is 0 Å². The fourth-order valence-electron chi connectivity index (χ4n) is 1.66. The van der Waals surface area contributed by atoms with E-state index in [0.717, 1.165) is 9.64 Å². The Kier molecular flexibility index (Phi) is 5.04. The fraction of sp³-hybridized carbons (Fsp3) is 0. The Labute approximate surface area is 139 Å². The van der Waals surface area contributed by atoms with Crippen LogP contribution >= 0.6 is 22.6 Å². The molecule has 0 saturated carbocycles. The SMILES string of the molecule is O=C(NNC(=O)c1ccccc1I)c1cccc([N+](=O)[O-])c1. The first-order valence-corrected chi connectivity index (χ1v) is 7.16. The number of halogens is 1. The van der Waals surface area contributed by atoms with Crippen LogP contribution in [0.2, 0.25) is 0 Å². The molecule has 0 fully saturated rings. The molecule has 2 rings (SSSR count). The van der Waals surface area contributed by atoms with Crippen molar-refractivity contribution in [1.82, 2.24) is 10.9 Å². The van der Waals surface area contributed by atoms with E-state index < -0.39 is 16.7 Å². The van der Waals surface area contributed by atoms with Crippen LogP contribution in [0.5, 0.6) is 0 Å². The van der Waals surface area contributed by atoms with Gasteiger partial charge in [-0.15, -0.1) is 0 Å². The largest absolute Gasteiger partial charge is 0.270 e. The van der Waals surface area contributed by atoms with E-state index in [0.29, 0.717) is 5.56 Å². The van der Waals surface area contributed by atoms with E-state index in [4.69, 9.17) is 0 Å². The first-order valence-electron chi connectivity index (χ1n) is 6.08. The molecule has 0 heterocycles. The molecular weight excluding hydrogens is 401 g/mol. The lowest BCUT2D eigenvalue weighted by Gasteiger charge is -2.08. The van der Waals surface area contributed by atoms with Gasteiger partial charge in [0.05, 0.1) is 10.5 Å². The highest BCUT2D eigenvalue weighted by Crippen LogP contribution is 2.13. The highest BCUT2D eigenvalue weighted by atomic mass is 127. The Hall–Kier alpha value is -2.49. The van der Waals surface area contributed by atoms with Gasteiger partial charge in [-0.2, -0.15) is 0 Å². The molecule has 0 atom stereocenters. The van der Waals surface area contributed by atoms with Crippen LogP contribution in [0, 0.1) is 13.7 Å². The van der Waals surface area contributed by atoms with Gasteiger partial charge in [0, 0.05) is 21.3 Å². The number of hydrogen-bond donors (Lipinski definition) is 2. The lowest BCUT2D eigenvalue weighted by molar-refractivity contribution is -0.384. The molecule has 22 heavy (non-hydrogen) atoms. The Morgan fingerprint density at radius 2 is 1.68 bits per heavy atom. The van der Waals surface area contributed by atoms with Crippen LogP contribution in [0.4, 0.5) is 5.69 Å². The van der Waals surface area contributed by atoms with Crippen molar-refractivity contribution in [3.63, 3.8) is 0 Å². The van der Waals surface area contributed by atoms with Gasteiger partial charge in [-0.3, -0.25) is 30.6 Å². The topological polar surface area (TPSA) is 101 Å². The molecule has 2 N–H and O–H groups in total. The number of nitrogens with one attached hydrogen (secondary N) is 2. The minimum absolute atomic E-state index is 0.0808. The van der Waals surface area contributed by atoms with E-state index in [-0.39, 0.29) is 11.3 Å². The quantitative estimate of drug-likeness (QED) is 0.460. The molecule has 0 bridgehead atoms. The minimum Gasteiger partial charge on any atom is -0.267 e. The Bertz CT molecular complexity index is 748. The van der Waals surface area contributed by atoms with E-state index in [1.54, 1.807) is 24.3 Å². The standard InChI is InChI=1S/C14H10IN3O4/c15-12-7-2-1-6-11(12)14(20)17-16-13(19)9-4-3-5-10(8-9)18(21)22/h1-8H,(H,16,19)(H,17,20). The molecule has 0 spiro atoms. The van der Waals surface area contributed by atoms with E-state index in [1.807, 2.05) is 22.6 Å². The number of hydrazine groups is 1. The van der Waals surface area contributed by atoms with Crippen molar-refractivity contribution < 1.29 is 14.5 Å². The zero-order valence-electron chi connectivity index (χ0n) is 11.1. The van der Waals surface area contributed by atoms with Gasteiger partial charge in [-0.25, -0.2) is 0 Å². The zero-order chi connectivity index (χ0) is 16.1. The summed E-state index contributed by atoms with van der Waals surface area (Å²) in [5.74, 6) is -1.10. The highest BCUT2D eigenvalue weighted by Gasteiger charge is 2.13. The molecule has 0 radical (unpaired) electrons. The number of nitro groups is 1. The second-order valence-corrected chi connectivity index (χ2v) is 5.36. The number of non-ortho nitro benzene ring substituents is 1. The lowest BCUT2D eigenvalue weighted by atomic mass is 10.2. The van der Waals surface area contributed by atoms with Gasteiger partial charge in [0.2, 0.25) is 0 Å². The summed E-state index contributed by atoms with van der Waals surface area (Å²) >= 11 is 2.01. The van der Waals surface area contributed by atoms with Crippen LogP contribution in [0.1, 0.15) is 20.7 Å². The van der Waals surface area contributed by atoms with Crippen molar-refractivity contribution in [3.8, 4) is 0 Å². The molecular formula is C14H10IN3O4. The van der Waals surface area contributed by atoms with E-state index in [1.165, 1.54) is 18.2 Å². The molecule has 2 aromatic carbocycles. The van der Waals surface area contributed by atoms with Gasteiger partial charge < -0.3 is 0 Å². The van der Waals surface area contributed by atoms with Crippen LogP contribution in [-0.4, -0.2) is 16.7 Å². The summed E-state index contributed by atoms with van der Waals surface area (Å²) in [6.07, 6.45) is 0. The fourth-order valence-corrected chi connectivity index (χ4v) is 2.29. The predicted octanol–water partition coefficient (Wildman–Crippen LogP) is 2.27. The minimum atomic E-state index is -0.636. The number of carbonyl (C=O) groups is 2. The number of carbonyl (C=O) groups excluding carboxylic acids is 2. The van der Waals surface area contributed by atoms with E-state index >= 15 is 0 Å². The lowest BCUT2D eigenvalue weighted by Crippen LogP contribution is -2.41. The van der Waals surface area contributed by atoms with Gasteiger partial charge >= 0.3 is 0 Å². The van der Waals surface area contributed by atoms with Gasteiger partial charge in [-0.1, -0.05) is 18.2 Å². The van der Waals surface area contributed by atoms with Crippen LogP contribution in [0.15, 0.2) is 48.5 Å². The summed E-state index contributed by atoms with van der Waals surface area (Å²) < 4.78 is 0.738. The third-order valence-electron chi connectivity index (χ3n) is 2.73. The second-order valence-electron chi connectivity index (χ2n) is 4.20. The number of benzene rings is 2. The Morgan fingerprint density at radius 1 is 1.00 bits per heavy atom. The van der Waals surface area contributed by atoms with Gasteiger partial charge in [0.15, 0.2) is 0 Å². The molecule has 2 aromatic rings. The van der Waals surface area contributed by atoms with Crippen molar-refractivity contribution in [2.75, 3.05) is 0 Å². The maximum atomic E-state index is 11.9. The Balaban J connectivity index is 2.04. The van der Waals surface area contributed by atoms with Crippen molar-refractivity contribution >= 4 is 40.1 Å². The number of hydrogen-bond acceptors (Lipinski definition) is 4. The summed E-state index contributed by atoms with van der Waals surface area (Å²) in [7, 11) is 0. The summed E-state index contributed by atoms with van der Waals surface area (Å²) in [5.41, 5.74) is 4.80. The number of amides is 2. The summed E-state index contributed by atoms with van der Waals surface area (Å²) in [6, 6.07) is 12.1. The van der Waals surface area contributed by atoms with Crippen LogP contribution < -0.4 is 10.9 Å². The summed E-state index contributed by atoms with van der Waals surface area (Å²) in [6.45, 7) is 0. The van der Waals surface area contributed by atoms with Crippen LogP contribution in [0.3, 0.4) is 0 Å². The zero-order valence-corrected chi connectivity index (χ0v) is 13.2. The van der Waals surface area contributed by atoms with E-state index in [9.17, 15) is 19.7 Å². The van der Waals surface area contributed by atoms with Crippen molar-refractivity contribution in [3.05, 3.63) is 73.3 Å². The number of nitrogens with zero attached hydrogens (tertiary/aromatic N) is 1. The van der Waals surface area contributed by atoms with Crippen LogP contribution in [-0.2, 0) is 0 Å². The smallest absolute Gasteiger partial charge is 0.267 e. The molecule has 7 nitrogen and oxygen atoms in total. The summed E-state index contributed by atoms with van der Waals surface area (Å²) in [5, 5.41) is 10.7. The van der Waals surface area contributed by atoms with Crippen molar-refractivity contribution in [1.29, 1.82) is 0 Å². The highest BCUT2D eigenvalue weighted by molar-refractivity contribution is 14.1. The first-order chi connectivity index (χ1) is 10.5. The summed E-state index contributed by atoms with van der Waals surface area (Å²) in [4.78, 5) is 33.9. The monoisotopic (exact) mass is 411 g/mol. The number of nitro benzene ring substituents is 1. The van der Waals surface area contributed by atoms with Gasteiger partial charge in [-0.05, 0) is 40.8 Å². The second kappa shape index (κ2) is 6.98. The normalized spacial score (nSPS) is 9.86. The van der Waals surface area contributed by atoms with Crippen LogP contribution in [0.25, 0.3) is 0 Å². The maximum Gasteiger partial charge on any atom is 0.270 e. The third kappa shape index (κ3) is 3.79. The van der Waals surface area contributed by atoms with Crippen molar-refractivity contribution in [2.45, 2.75) is 0 Å². The predicted molar refractivity (Wildman–Crippen MR) is 87.2 cm³/mol. The molecule has 0 saturated heterocycles. The van der Waals surface area contributed by atoms with Gasteiger partial charge in [0.25, 0.3) is 17.5 Å². The maximum absolute atomic E-state index is 11.9. The Morgan fingerprint density at radius 3 is 2.36 bits per heavy atom. The molecule has 0 aliphatic carbocycles. The van der Waals surface area contributed by atoms with Crippen molar-refractivity contribution in [2.24, 2.45) is 0 Å².